The Hall–Kier alpha value is -1.69. The fourth-order valence-electron chi connectivity index (χ4n) is 1.73. The first-order chi connectivity index (χ1) is 8.31. The molecule has 1 N–H and O–H groups in total. The van der Waals surface area contributed by atoms with Crippen LogP contribution in [0.3, 0.4) is 0 Å². The Kier molecular flexibility index (Phi) is 2.64. The smallest absolute Gasteiger partial charge is 0.130 e. The third kappa shape index (κ3) is 2.52. The predicted molar refractivity (Wildman–Crippen MR) is 62.2 cm³/mol. The highest BCUT2D eigenvalue weighted by molar-refractivity contribution is 4.97. The number of nitrogens with one attached hydrogen (secondary N) is 1. The summed E-state index contributed by atoms with van der Waals surface area (Å²) in [5.41, 5.74) is 0.992. The zero-order valence-corrected chi connectivity index (χ0v) is 9.87. The quantitative estimate of drug-likeness (QED) is 0.806. The Balaban J connectivity index is 1.61. The molecule has 0 saturated heterocycles. The molecule has 1 aliphatic carbocycles. The Bertz CT molecular complexity index is 496. The molecule has 0 unspecified atom stereocenters. The second kappa shape index (κ2) is 4.29. The highest BCUT2D eigenvalue weighted by atomic mass is 15.4. The lowest BCUT2D eigenvalue weighted by Crippen LogP contribution is -2.15. The van der Waals surface area contributed by atoms with Crippen LogP contribution in [0.25, 0.3) is 0 Å². The number of aromatic nitrogens is 5. The van der Waals surface area contributed by atoms with Crippen molar-refractivity contribution in [2.75, 3.05) is 0 Å². The van der Waals surface area contributed by atoms with Crippen LogP contribution in [0.4, 0.5) is 0 Å². The first-order valence-electron chi connectivity index (χ1n) is 5.90. The zero-order chi connectivity index (χ0) is 11.7. The van der Waals surface area contributed by atoms with Gasteiger partial charge < -0.3 is 9.88 Å². The van der Waals surface area contributed by atoms with E-state index in [-0.39, 0.29) is 0 Å². The lowest BCUT2D eigenvalue weighted by atomic mass is 10.4. The van der Waals surface area contributed by atoms with Gasteiger partial charge in [-0.2, -0.15) is 0 Å². The van der Waals surface area contributed by atoms with Gasteiger partial charge in [-0.25, -0.2) is 9.67 Å². The minimum atomic E-state index is 0.667. The number of imidazole rings is 1. The number of hydrogen-bond acceptors (Lipinski definition) is 4. The van der Waals surface area contributed by atoms with Gasteiger partial charge in [0.05, 0.1) is 11.9 Å². The summed E-state index contributed by atoms with van der Waals surface area (Å²) in [5.74, 6) is 0.983. The van der Waals surface area contributed by atoms with Crippen molar-refractivity contribution in [2.24, 2.45) is 7.05 Å². The van der Waals surface area contributed by atoms with E-state index in [9.17, 15) is 0 Å². The molecule has 2 aromatic heterocycles. The maximum absolute atomic E-state index is 4.26. The maximum Gasteiger partial charge on any atom is 0.130 e. The molecule has 0 spiro atoms. The fraction of sp³-hybridized carbons (Fsp3) is 0.545. The molecule has 90 valence electrons. The first-order valence-corrected chi connectivity index (χ1v) is 5.90. The fourth-order valence-corrected chi connectivity index (χ4v) is 1.73. The number of hydrogen-bond donors (Lipinski definition) is 1. The van der Waals surface area contributed by atoms with E-state index in [4.69, 9.17) is 0 Å². The van der Waals surface area contributed by atoms with Gasteiger partial charge >= 0.3 is 0 Å². The first kappa shape index (κ1) is 10.5. The average molecular weight is 232 g/mol. The van der Waals surface area contributed by atoms with Crippen molar-refractivity contribution in [2.45, 2.75) is 32.0 Å². The van der Waals surface area contributed by atoms with Crippen LogP contribution in [0.15, 0.2) is 18.6 Å². The van der Waals surface area contributed by atoms with Crippen LogP contribution in [0.1, 0.15) is 24.4 Å². The van der Waals surface area contributed by atoms with Crippen molar-refractivity contribution in [3.63, 3.8) is 0 Å². The van der Waals surface area contributed by atoms with Gasteiger partial charge in [-0.15, -0.1) is 5.10 Å². The minimum absolute atomic E-state index is 0.667. The predicted octanol–water partition coefficient (Wildman–Crippen LogP) is 0.312. The van der Waals surface area contributed by atoms with Gasteiger partial charge in [0.1, 0.15) is 12.4 Å². The van der Waals surface area contributed by atoms with E-state index in [2.05, 4.69) is 20.6 Å². The summed E-state index contributed by atoms with van der Waals surface area (Å²) >= 11 is 0. The standard InChI is InChI=1S/C11H16N6/c1-16-5-4-12-11(16)8-17-7-10(14-15-17)6-13-9-2-3-9/h4-5,7,9,13H,2-3,6,8H2,1H3. The van der Waals surface area contributed by atoms with Crippen molar-refractivity contribution in [3.05, 3.63) is 30.1 Å². The van der Waals surface area contributed by atoms with E-state index in [0.717, 1.165) is 18.1 Å². The second-order valence-electron chi connectivity index (χ2n) is 4.52. The van der Waals surface area contributed by atoms with Crippen LogP contribution in [0.5, 0.6) is 0 Å². The molecular weight excluding hydrogens is 216 g/mol. The van der Waals surface area contributed by atoms with Gasteiger partial charge in [-0.1, -0.05) is 5.21 Å². The van der Waals surface area contributed by atoms with Crippen LogP contribution < -0.4 is 5.32 Å². The molecular formula is C11H16N6. The molecule has 1 fully saturated rings. The molecule has 0 atom stereocenters. The Morgan fingerprint density at radius 2 is 2.35 bits per heavy atom. The summed E-state index contributed by atoms with van der Waals surface area (Å²) in [6, 6.07) is 0.703. The van der Waals surface area contributed by atoms with Gasteiger partial charge in [0.15, 0.2) is 0 Å². The molecule has 0 aliphatic heterocycles. The Morgan fingerprint density at radius 3 is 3.06 bits per heavy atom. The highest BCUT2D eigenvalue weighted by Gasteiger charge is 2.20. The largest absolute Gasteiger partial charge is 0.336 e. The van der Waals surface area contributed by atoms with Crippen molar-refractivity contribution in [3.8, 4) is 0 Å². The van der Waals surface area contributed by atoms with E-state index in [0.29, 0.717) is 12.6 Å². The van der Waals surface area contributed by atoms with E-state index in [1.54, 1.807) is 6.20 Å². The second-order valence-corrected chi connectivity index (χ2v) is 4.52. The van der Waals surface area contributed by atoms with Crippen LogP contribution in [0, 0.1) is 0 Å². The van der Waals surface area contributed by atoms with Crippen LogP contribution in [-0.2, 0) is 20.1 Å². The van der Waals surface area contributed by atoms with Gasteiger partial charge in [0.2, 0.25) is 0 Å². The molecule has 17 heavy (non-hydrogen) atoms. The molecule has 1 saturated carbocycles. The molecule has 0 bridgehead atoms. The molecule has 1 aliphatic rings. The molecule has 3 rings (SSSR count). The van der Waals surface area contributed by atoms with E-state index in [1.807, 2.05) is 28.7 Å². The van der Waals surface area contributed by atoms with Crippen LogP contribution in [-0.4, -0.2) is 30.6 Å². The number of nitrogens with zero attached hydrogens (tertiary/aromatic N) is 5. The molecule has 2 heterocycles. The third-order valence-corrected chi connectivity index (χ3v) is 2.96. The van der Waals surface area contributed by atoms with Gasteiger partial charge in [-0.3, -0.25) is 0 Å². The van der Waals surface area contributed by atoms with Gasteiger partial charge in [0, 0.05) is 32.0 Å². The lowest BCUT2D eigenvalue weighted by Gasteiger charge is -2.00. The van der Waals surface area contributed by atoms with Crippen LogP contribution in [0.2, 0.25) is 0 Å². The van der Waals surface area contributed by atoms with Crippen molar-refractivity contribution >= 4 is 0 Å². The van der Waals surface area contributed by atoms with Crippen LogP contribution >= 0.6 is 0 Å². The zero-order valence-electron chi connectivity index (χ0n) is 9.87. The maximum atomic E-state index is 4.26. The summed E-state index contributed by atoms with van der Waals surface area (Å²) in [6.45, 7) is 1.48. The third-order valence-electron chi connectivity index (χ3n) is 2.96. The summed E-state index contributed by atoms with van der Waals surface area (Å²) in [5, 5.41) is 11.7. The topological polar surface area (TPSA) is 60.6 Å². The molecule has 0 amide bonds. The lowest BCUT2D eigenvalue weighted by molar-refractivity contribution is 0.606. The molecule has 0 radical (unpaired) electrons. The van der Waals surface area contributed by atoms with E-state index < -0.39 is 0 Å². The van der Waals surface area contributed by atoms with Gasteiger partial charge in [0.25, 0.3) is 0 Å². The number of rotatable bonds is 5. The van der Waals surface area contributed by atoms with Gasteiger partial charge in [-0.05, 0) is 12.8 Å². The molecule has 6 nitrogen and oxygen atoms in total. The van der Waals surface area contributed by atoms with E-state index in [1.165, 1.54) is 12.8 Å². The minimum Gasteiger partial charge on any atom is -0.336 e. The monoisotopic (exact) mass is 232 g/mol. The summed E-state index contributed by atoms with van der Waals surface area (Å²) in [4.78, 5) is 4.26. The van der Waals surface area contributed by atoms with E-state index >= 15 is 0 Å². The molecule has 0 aromatic carbocycles. The Morgan fingerprint density at radius 1 is 1.47 bits per heavy atom. The summed E-state index contributed by atoms with van der Waals surface area (Å²) in [7, 11) is 1.98. The highest BCUT2D eigenvalue weighted by Crippen LogP contribution is 2.18. The Labute approximate surface area is 99.7 Å². The van der Waals surface area contributed by atoms with Crippen molar-refractivity contribution in [1.82, 2.24) is 29.9 Å². The number of aryl methyl sites for hydroxylation is 1. The molecule has 6 heteroatoms. The summed E-state index contributed by atoms with van der Waals surface area (Å²) < 4.78 is 3.82. The summed E-state index contributed by atoms with van der Waals surface area (Å²) in [6.07, 6.45) is 8.29. The SMILES string of the molecule is Cn1ccnc1Cn1cc(CNC2CC2)nn1. The average Bonchev–Trinajstić information content (AvgIpc) is 2.92. The molecule has 2 aromatic rings. The normalized spacial score (nSPS) is 15.4. The van der Waals surface area contributed by atoms with Crippen molar-refractivity contribution < 1.29 is 0 Å². The van der Waals surface area contributed by atoms with Crippen molar-refractivity contribution in [1.29, 1.82) is 0 Å².